The number of halogens is 1. The Morgan fingerprint density at radius 3 is 2.68 bits per heavy atom. The summed E-state index contributed by atoms with van der Waals surface area (Å²) in [5.41, 5.74) is 4.15. The van der Waals surface area contributed by atoms with Gasteiger partial charge in [-0.25, -0.2) is 4.39 Å². The van der Waals surface area contributed by atoms with Crippen LogP contribution in [0.15, 0.2) is 71.4 Å². The van der Waals surface area contributed by atoms with Gasteiger partial charge in [0, 0.05) is 28.6 Å². The number of anilines is 1. The second kappa shape index (κ2) is 8.74. The molecule has 0 bridgehead atoms. The zero-order chi connectivity index (χ0) is 23.7. The van der Waals surface area contributed by atoms with Crippen molar-refractivity contribution in [1.82, 2.24) is 15.3 Å². The Morgan fingerprint density at radius 2 is 1.91 bits per heavy atom. The normalized spacial score (nSPS) is 13.6. The second-order valence-corrected chi connectivity index (χ2v) is 7.81. The van der Waals surface area contributed by atoms with E-state index in [0.29, 0.717) is 39.6 Å². The third-order valence-electron chi connectivity index (χ3n) is 5.37. The van der Waals surface area contributed by atoms with E-state index < -0.39 is 5.82 Å². The van der Waals surface area contributed by atoms with Crippen molar-refractivity contribution in [3.8, 4) is 11.3 Å². The number of benzene rings is 2. The van der Waals surface area contributed by atoms with Gasteiger partial charge >= 0.3 is 0 Å². The van der Waals surface area contributed by atoms with Gasteiger partial charge in [-0.2, -0.15) is 0 Å². The molecular formula is C26H19FN4O3. The van der Waals surface area contributed by atoms with E-state index in [0.717, 1.165) is 11.3 Å². The number of amides is 2. The molecule has 1 aliphatic rings. The number of nitrogens with one attached hydrogen (secondary N) is 2. The van der Waals surface area contributed by atoms with Gasteiger partial charge in [-0.05, 0) is 55.5 Å². The van der Waals surface area contributed by atoms with Gasteiger partial charge in [0.05, 0.1) is 29.7 Å². The molecule has 0 spiro atoms. The molecule has 0 unspecified atom stereocenters. The minimum Gasteiger partial charge on any atom is -0.457 e. The number of hydrogen-bond donors (Lipinski definition) is 2. The number of furan rings is 1. The fraction of sp³-hybridized carbons (Fsp3) is 0.0769. The van der Waals surface area contributed by atoms with Gasteiger partial charge in [0.25, 0.3) is 11.8 Å². The maximum absolute atomic E-state index is 13.6. The number of fused-ring (bicyclic) bond motifs is 1. The quantitative estimate of drug-likeness (QED) is 0.430. The highest BCUT2D eigenvalue weighted by molar-refractivity contribution is 6.34. The molecule has 0 radical (unpaired) electrons. The molecule has 8 heteroatoms. The first-order chi connectivity index (χ1) is 16.5. The molecule has 0 aliphatic carbocycles. The van der Waals surface area contributed by atoms with E-state index >= 15 is 0 Å². The van der Waals surface area contributed by atoms with E-state index in [1.807, 2.05) is 6.92 Å². The third kappa shape index (κ3) is 4.33. The Kier molecular flexibility index (Phi) is 5.47. The van der Waals surface area contributed by atoms with Crippen LogP contribution in [-0.2, 0) is 11.3 Å². The molecule has 0 saturated carbocycles. The van der Waals surface area contributed by atoms with Crippen LogP contribution in [0.3, 0.4) is 0 Å². The lowest BCUT2D eigenvalue weighted by molar-refractivity contribution is -0.110. The van der Waals surface area contributed by atoms with E-state index in [9.17, 15) is 14.0 Å². The first-order valence-electron chi connectivity index (χ1n) is 10.6. The summed E-state index contributed by atoms with van der Waals surface area (Å²) in [4.78, 5) is 33.1. The molecule has 1 aliphatic heterocycles. The summed E-state index contributed by atoms with van der Waals surface area (Å²) in [6.45, 7) is 2.13. The number of aryl methyl sites for hydroxylation is 1. The highest BCUT2D eigenvalue weighted by atomic mass is 19.1. The van der Waals surface area contributed by atoms with Crippen LogP contribution < -0.4 is 10.6 Å². The Bertz CT molecular complexity index is 1420. The Labute approximate surface area is 194 Å². The van der Waals surface area contributed by atoms with Crippen LogP contribution in [0.2, 0.25) is 0 Å². The van der Waals surface area contributed by atoms with Gasteiger partial charge in [-0.1, -0.05) is 12.1 Å². The predicted octanol–water partition coefficient (Wildman–Crippen LogP) is 4.61. The van der Waals surface area contributed by atoms with Gasteiger partial charge < -0.3 is 15.1 Å². The summed E-state index contributed by atoms with van der Waals surface area (Å²) < 4.78 is 19.5. The van der Waals surface area contributed by atoms with Crippen LogP contribution in [0.1, 0.15) is 33.1 Å². The average molecular weight is 454 g/mol. The number of nitrogens with zero attached hydrogens (tertiary/aromatic N) is 2. The summed E-state index contributed by atoms with van der Waals surface area (Å²) >= 11 is 0. The minimum absolute atomic E-state index is 0.225. The van der Waals surface area contributed by atoms with Crippen molar-refractivity contribution >= 4 is 29.2 Å². The van der Waals surface area contributed by atoms with Crippen LogP contribution in [0.5, 0.6) is 0 Å². The molecule has 3 heterocycles. The van der Waals surface area contributed by atoms with Crippen LogP contribution in [0.25, 0.3) is 23.0 Å². The summed E-state index contributed by atoms with van der Waals surface area (Å²) in [5, 5.41) is 5.53. The van der Waals surface area contributed by atoms with Crippen molar-refractivity contribution in [2.45, 2.75) is 13.5 Å². The lowest BCUT2D eigenvalue weighted by atomic mass is 10.1. The van der Waals surface area contributed by atoms with Crippen LogP contribution in [-0.4, -0.2) is 21.8 Å². The molecule has 4 aromatic rings. The maximum atomic E-state index is 13.6. The van der Waals surface area contributed by atoms with Gasteiger partial charge in [0.15, 0.2) is 0 Å². The highest BCUT2D eigenvalue weighted by Crippen LogP contribution is 2.34. The molecule has 5 rings (SSSR count). The fourth-order valence-electron chi connectivity index (χ4n) is 3.60. The van der Waals surface area contributed by atoms with Crippen LogP contribution in [0.4, 0.5) is 10.1 Å². The summed E-state index contributed by atoms with van der Waals surface area (Å²) in [7, 11) is 0. The zero-order valence-electron chi connectivity index (χ0n) is 18.1. The van der Waals surface area contributed by atoms with Crippen molar-refractivity contribution in [1.29, 1.82) is 0 Å². The van der Waals surface area contributed by atoms with Gasteiger partial charge in [-0.15, -0.1) is 0 Å². The number of rotatable bonds is 5. The number of hydrogen-bond acceptors (Lipinski definition) is 5. The molecule has 7 nitrogen and oxygen atoms in total. The van der Waals surface area contributed by atoms with E-state index in [1.54, 1.807) is 54.9 Å². The summed E-state index contributed by atoms with van der Waals surface area (Å²) in [6.07, 6.45) is 4.87. The standard InChI is InChI=1S/C26H19FN4O3/c1-15-12-29-19(13-28-15)14-30-25(32)17-4-2-16(3-5-17)24-9-7-20(34-24)11-22-21-10-18(27)6-8-23(21)31-26(22)33/h2-13H,14H2,1H3,(H,30,32)(H,31,33). The van der Waals surface area contributed by atoms with E-state index in [4.69, 9.17) is 4.42 Å². The molecule has 168 valence electrons. The monoisotopic (exact) mass is 454 g/mol. The lowest BCUT2D eigenvalue weighted by Gasteiger charge is -2.05. The smallest absolute Gasteiger partial charge is 0.256 e. The molecule has 2 aromatic carbocycles. The predicted molar refractivity (Wildman–Crippen MR) is 125 cm³/mol. The Hall–Kier alpha value is -4.59. The molecule has 2 aromatic heterocycles. The molecular weight excluding hydrogens is 435 g/mol. The van der Waals surface area contributed by atoms with Crippen LogP contribution >= 0.6 is 0 Å². The average Bonchev–Trinajstić information content (AvgIpc) is 3.43. The zero-order valence-corrected chi connectivity index (χ0v) is 18.1. The third-order valence-corrected chi connectivity index (χ3v) is 5.37. The van der Waals surface area contributed by atoms with E-state index in [2.05, 4.69) is 20.6 Å². The topological polar surface area (TPSA) is 97.1 Å². The van der Waals surface area contributed by atoms with E-state index in [-0.39, 0.29) is 18.4 Å². The number of aromatic nitrogens is 2. The second-order valence-electron chi connectivity index (χ2n) is 7.81. The number of carbonyl (C=O) groups excluding carboxylic acids is 2. The van der Waals surface area contributed by atoms with Crippen molar-refractivity contribution in [2.24, 2.45) is 0 Å². The maximum Gasteiger partial charge on any atom is 0.256 e. The molecule has 0 saturated heterocycles. The van der Waals surface area contributed by atoms with Crippen molar-refractivity contribution in [3.05, 3.63) is 101 Å². The highest BCUT2D eigenvalue weighted by Gasteiger charge is 2.25. The van der Waals surface area contributed by atoms with Crippen LogP contribution in [0, 0.1) is 12.7 Å². The SMILES string of the molecule is Cc1cnc(CNC(=O)c2ccc(-c3ccc(C=C4C(=O)Nc5ccc(F)cc54)o3)cc2)cn1. The lowest BCUT2D eigenvalue weighted by Crippen LogP contribution is -2.23. The van der Waals surface area contributed by atoms with E-state index in [1.165, 1.54) is 18.2 Å². The summed E-state index contributed by atoms with van der Waals surface area (Å²) in [5.74, 6) is 0.0737. The molecule has 34 heavy (non-hydrogen) atoms. The Balaban J connectivity index is 1.29. The first-order valence-corrected chi connectivity index (χ1v) is 10.6. The molecule has 0 atom stereocenters. The van der Waals surface area contributed by atoms with Crippen molar-refractivity contribution < 1.29 is 18.4 Å². The first kappa shape index (κ1) is 21.3. The fourth-order valence-corrected chi connectivity index (χ4v) is 3.60. The van der Waals surface area contributed by atoms with Crippen molar-refractivity contribution in [2.75, 3.05) is 5.32 Å². The van der Waals surface area contributed by atoms with Gasteiger partial charge in [-0.3, -0.25) is 19.6 Å². The van der Waals surface area contributed by atoms with Gasteiger partial charge in [0.1, 0.15) is 17.3 Å². The largest absolute Gasteiger partial charge is 0.457 e. The number of carbonyl (C=O) groups is 2. The van der Waals surface area contributed by atoms with Crippen molar-refractivity contribution in [3.63, 3.8) is 0 Å². The minimum atomic E-state index is -0.419. The molecule has 0 fully saturated rings. The summed E-state index contributed by atoms with van der Waals surface area (Å²) in [6, 6.07) is 14.6. The Morgan fingerprint density at radius 1 is 1.09 bits per heavy atom. The molecule has 2 N–H and O–H groups in total. The van der Waals surface area contributed by atoms with Gasteiger partial charge in [0.2, 0.25) is 0 Å². The molecule has 2 amide bonds.